The van der Waals surface area contributed by atoms with Gasteiger partial charge in [-0.2, -0.15) is 0 Å². The van der Waals surface area contributed by atoms with E-state index < -0.39 is 6.00 Å². The lowest BCUT2D eigenvalue weighted by molar-refractivity contribution is 1.29. The number of rotatable bonds is 2. The van der Waals surface area contributed by atoms with Crippen LogP contribution in [-0.4, -0.2) is 6.00 Å². The quantitative estimate of drug-likeness (QED) is 0.554. The summed E-state index contributed by atoms with van der Waals surface area (Å²) < 4.78 is 0. The maximum absolute atomic E-state index is 5.98. The van der Waals surface area contributed by atoms with Gasteiger partial charge in [-0.3, -0.25) is 0 Å². The predicted octanol–water partition coefficient (Wildman–Crippen LogP) is 4.39. The third-order valence-electron chi connectivity index (χ3n) is 1.73. The van der Waals surface area contributed by atoms with Crippen LogP contribution in [0.15, 0.2) is 18.2 Å². The first-order chi connectivity index (χ1) is 5.90. The molecule has 1 rings (SSSR count). The van der Waals surface area contributed by atoms with Gasteiger partial charge in [0, 0.05) is 11.1 Å². The second kappa shape index (κ2) is 4.41. The molecular formula is C8H8Cl4Si. The maximum Gasteiger partial charge on any atom is 0.345 e. The Morgan fingerprint density at radius 1 is 1.23 bits per heavy atom. The van der Waals surface area contributed by atoms with E-state index in [9.17, 15) is 0 Å². The minimum Gasteiger partial charge on any atom is -0.126 e. The van der Waals surface area contributed by atoms with Gasteiger partial charge in [-0.25, -0.2) is 0 Å². The van der Waals surface area contributed by atoms with Gasteiger partial charge >= 0.3 is 6.00 Å². The summed E-state index contributed by atoms with van der Waals surface area (Å²) in [6, 6.07) is 3.52. The molecule has 0 nitrogen and oxygen atoms in total. The topological polar surface area (TPSA) is 0 Å². The van der Waals surface area contributed by atoms with E-state index in [0.717, 1.165) is 11.1 Å². The average molecular weight is 274 g/mol. The Morgan fingerprint density at radius 3 is 2.31 bits per heavy atom. The Hall–Kier alpha value is 0.597. The van der Waals surface area contributed by atoms with Crippen LogP contribution in [0, 0.1) is 6.92 Å². The van der Waals surface area contributed by atoms with E-state index >= 15 is 0 Å². The lowest BCUT2D eigenvalue weighted by atomic mass is 10.1. The minimum atomic E-state index is -2.63. The molecule has 0 atom stereocenters. The first-order valence-corrected chi connectivity index (χ1v) is 9.33. The van der Waals surface area contributed by atoms with E-state index in [-0.39, 0.29) is 0 Å². The Morgan fingerprint density at radius 2 is 1.85 bits per heavy atom. The SMILES string of the molecule is Cc1cccc(Cl)c1C[Si](Cl)(Cl)Cl. The van der Waals surface area contributed by atoms with Crippen LogP contribution >= 0.6 is 44.8 Å². The van der Waals surface area contributed by atoms with Gasteiger partial charge in [-0.05, 0) is 24.1 Å². The van der Waals surface area contributed by atoms with E-state index in [1.165, 1.54) is 0 Å². The molecule has 0 fully saturated rings. The molecule has 0 bridgehead atoms. The van der Waals surface area contributed by atoms with E-state index in [0.29, 0.717) is 11.1 Å². The van der Waals surface area contributed by atoms with Crippen molar-refractivity contribution in [3.05, 3.63) is 34.3 Å². The molecular weight excluding hydrogens is 266 g/mol. The van der Waals surface area contributed by atoms with Gasteiger partial charge in [0.05, 0.1) is 0 Å². The van der Waals surface area contributed by atoms with Gasteiger partial charge in [0.15, 0.2) is 0 Å². The molecule has 13 heavy (non-hydrogen) atoms. The highest BCUT2D eigenvalue weighted by Crippen LogP contribution is 2.29. The third kappa shape index (κ3) is 3.68. The van der Waals surface area contributed by atoms with Crippen molar-refractivity contribution in [3.8, 4) is 0 Å². The second-order valence-electron chi connectivity index (χ2n) is 2.83. The van der Waals surface area contributed by atoms with Gasteiger partial charge in [-0.1, -0.05) is 23.7 Å². The second-order valence-corrected chi connectivity index (χ2v) is 12.4. The van der Waals surface area contributed by atoms with Gasteiger partial charge in [0.2, 0.25) is 0 Å². The molecule has 0 unspecified atom stereocenters. The number of benzene rings is 1. The maximum atomic E-state index is 5.98. The van der Waals surface area contributed by atoms with E-state index in [4.69, 9.17) is 44.8 Å². The smallest absolute Gasteiger partial charge is 0.126 e. The fraction of sp³-hybridized carbons (Fsp3) is 0.250. The van der Waals surface area contributed by atoms with Gasteiger partial charge in [-0.15, -0.1) is 33.2 Å². The molecule has 0 radical (unpaired) electrons. The number of aryl methyl sites for hydroxylation is 1. The van der Waals surface area contributed by atoms with E-state index in [1.807, 2.05) is 25.1 Å². The summed E-state index contributed by atoms with van der Waals surface area (Å²) in [5, 5.41) is 0.679. The van der Waals surface area contributed by atoms with Crippen LogP contribution in [0.2, 0.25) is 5.02 Å². The lowest BCUT2D eigenvalue weighted by Gasteiger charge is -2.11. The first kappa shape index (κ1) is 11.7. The van der Waals surface area contributed by atoms with Crippen molar-refractivity contribution in [1.82, 2.24) is 0 Å². The molecule has 1 aromatic rings. The standard InChI is InChI=1S/C8H8Cl4Si/c1-6-3-2-4-8(9)7(6)5-13(10,11)12/h2-4H,5H2,1H3. The van der Waals surface area contributed by atoms with Crippen molar-refractivity contribution in [2.24, 2.45) is 0 Å². The molecule has 0 aromatic heterocycles. The molecule has 0 amide bonds. The zero-order valence-electron chi connectivity index (χ0n) is 6.95. The van der Waals surface area contributed by atoms with Crippen LogP contribution in [0.1, 0.15) is 11.1 Å². The summed E-state index contributed by atoms with van der Waals surface area (Å²) >= 11 is 23.5. The fourth-order valence-electron chi connectivity index (χ4n) is 1.09. The van der Waals surface area contributed by atoms with Gasteiger partial charge < -0.3 is 0 Å². The van der Waals surface area contributed by atoms with E-state index in [2.05, 4.69) is 0 Å². The summed E-state index contributed by atoms with van der Waals surface area (Å²) in [6.45, 7) is 1.96. The van der Waals surface area contributed by atoms with Crippen molar-refractivity contribution in [2.45, 2.75) is 13.0 Å². The summed E-state index contributed by atoms with van der Waals surface area (Å²) in [5.41, 5.74) is 2.03. The largest absolute Gasteiger partial charge is 0.345 e. The minimum absolute atomic E-state index is 0.475. The molecule has 0 saturated carbocycles. The van der Waals surface area contributed by atoms with Crippen LogP contribution < -0.4 is 0 Å². The highest BCUT2D eigenvalue weighted by molar-refractivity contribution is 7.64. The van der Waals surface area contributed by atoms with Gasteiger partial charge in [0.1, 0.15) is 0 Å². The molecule has 0 heterocycles. The van der Waals surface area contributed by atoms with Crippen molar-refractivity contribution >= 4 is 50.8 Å². The monoisotopic (exact) mass is 272 g/mol. The van der Waals surface area contributed by atoms with Crippen LogP contribution in [0.3, 0.4) is 0 Å². The summed E-state index contributed by atoms with van der Waals surface area (Å²) in [4.78, 5) is 0. The van der Waals surface area contributed by atoms with Crippen LogP contribution in [0.25, 0.3) is 0 Å². The Labute approximate surface area is 97.9 Å². The Kier molecular flexibility index (Phi) is 3.96. The summed E-state index contributed by atoms with van der Waals surface area (Å²) in [6.07, 6.45) is 0. The van der Waals surface area contributed by atoms with E-state index in [1.54, 1.807) is 0 Å². The van der Waals surface area contributed by atoms with Crippen LogP contribution in [0.5, 0.6) is 0 Å². The van der Waals surface area contributed by atoms with Crippen LogP contribution in [-0.2, 0) is 6.04 Å². The van der Waals surface area contributed by atoms with Crippen molar-refractivity contribution in [3.63, 3.8) is 0 Å². The fourth-order valence-corrected chi connectivity index (χ4v) is 3.56. The molecule has 0 aliphatic heterocycles. The zero-order chi connectivity index (χ0) is 10.1. The number of hydrogen-bond donors (Lipinski definition) is 0. The molecule has 0 N–H and O–H groups in total. The lowest BCUT2D eigenvalue weighted by Crippen LogP contribution is -2.15. The first-order valence-electron chi connectivity index (χ1n) is 3.71. The molecule has 0 saturated heterocycles. The molecule has 0 aliphatic rings. The average Bonchev–Trinajstić information content (AvgIpc) is 1.95. The molecule has 0 aliphatic carbocycles. The zero-order valence-corrected chi connectivity index (χ0v) is 11.0. The Balaban J connectivity index is 3.00. The Bertz CT molecular complexity index is 285. The molecule has 5 heteroatoms. The summed E-state index contributed by atoms with van der Waals surface area (Å²) in [5.74, 6) is 0. The molecule has 1 aromatic carbocycles. The van der Waals surface area contributed by atoms with Crippen LogP contribution in [0.4, 0.5) is 0 Å². The summed E-state index contributed by atoms with van der Waals surface area (Å²) in [7, 11) is 0. The molecule has 0 spiro atoms. The third-order valence-corrected chi connectivity index (χ3v) is 4.04. The number of hydrogen-bond acceptors (Lipinski definition) is 0. The predicted molar refractivity (Wildman–Crippen MR) is 63.2 cm³/mol. The number of halogens is 4. The van der Waals surface area contributed by atoms with Gasteiger partial charge in [0.25, 0.3) is 0 Å². The van der Waals surface area contributed by atoms with Crippen molar-refractivity contribution < 1.29 is 0 Å². The highest BCUT2D eigenvalue weighted by atomic mass is 35.8. The highest BCUT2D eigenvalue weighted by Gasteiger charge is 2.27. The van der Waals surface area contributed by atoms with Crippen molar-refractivity contribution in [2.75, 3.05) is 0 Å². The molecule has 72 valence electrons. The normalized spacial score (nSPS) is 11.8. The van der Waals surface area contributed by atoms with Crippen molar-refractivity contribution in [1.29, 1.82) is 0 Å².